The summed E-state index contributed by atoms with van der Waals surface area (Å²) < 4.78 is 17.5. The van der Waals surface area contributed by atoms with E-state index >= 15 is 0 Å². The van der Waals surface area contributed by atoms with E-state index in [0.29, 0.717) is 29.7 Å². The molecule has 0 aromatic heterocycles. The second-order valence-electron chi connectivity index (χ2n) is 11.6. The Labute approximate surface area is 204 Å². The lowest BCUT2D eigenvalue weighted by molar-refractivity contribution is -0.199. The van der Waals surface area contributed by atoms with Gasteiger partial charge in [0.2, 0.25) is 0 Å². The molecule has 0 amide bonds. The van der Waals surface area contributed by atoms with Crippen LogP contribution in [0.1, 0.15) is 75.6 Å². The molecule has 1 aromatic rings. The van der Waals surface area contributed by atoms with Gasteiger partial charge in [-0.15, -0.1) is 0 Å². The SMILES string of the molecule is CC(=O)OC1c2c3c(cc(O)c2C(=O)OC1C)OC1(C)C(O)CC2C(C)(C)C(O)C=CC2(C)C1C3. The van der Waals surface area contributed by atoms with Gasteiger partial charge in [0.25, 0.3) is 0 Å². The standard InChI is InChI=1S/C27H34O8/c1-12-23(34-13(2)28)21-14-9-18-26(5)8-7-19(30)25(3,4)17(26)11-20(31)27(18,6)35-16(14)10-15(29)22(21)24(32)33-12/h7-8,10,12,17-20,23,29-31H,9,11H2,1-6H3. The molecule has 0 spiro atoms. The van der Waals surface area contributed by atoms with Crippen molar-refractivity contribution in [3.63, 3.8) is 0 Å². The predicted octanol–water partition coefficient (Wildman–Crippen LogP) is 3.21. The van der Waals surface area contributed by atoms with Crippen LogP contribution in [-0.4, -0.2) is 51.2 Å². The molecule has 190 valence electrons. The van der Waals surface area contributed by atoms with Crippen LogP contribution >= 0.6 is 0 Å². The van der Waals surface area contributed by atoms with Gasteiger partial charge in [0.15, 0.2) is 6.10 Å². The Morgan fingerprint density at radius 3 is 2.51 bits per heavy atom. The number of phenols is 1. The Morgan fingerprint density at radius 1 is 1.17 bits per heavy atom. The first-order valence-corrected chi connectivity index (χ1v) is 12.2. The third-order valence-electron chi connectivity index (χ3n) is 9.27. The van der Waals surface area contributed by atoms with Crippen molar-refractivity contribution >= 4 is 11.9 Å². The number of carbonyl (C=O) groups excluding carboxylic acids is 2. The van der Waals surface area contributed by atoms with E-state index in [9.17, 15) is 24.9 Å². The summed E-state index contributed by atoms with van der Waals surface area (Å²) in [6.07, 6.45) is 1.65. The number of carbonyl (C=O) groups is 2. The summed E-state index contributed by atoms with van der Waals surface area (Å²) >= 11 is 0. The van der Waals surface area contributed by atoms with Gasteiger partial charge in [-0.05, 0) is 43.4 Å². The van der Waals surface area contributed by atoms with Crippen molar-refractivity contribution < 1.29 is 39.1 Å². The largest absolute Gasteiger partial charge is 0.507 e. The average molecular weight is 487 g/mol. The van der Waals surface area contributed by atoms with Crippen LogP contribution in [0.4, 0.5) is 0 Å². The van der Waals surface area contributed by atoms with Crippen LogP contribution in [0, 0.1) is 22.7 Å². The molecule has 8 nitrogen and oxygen atoms in total. The summed E-state index contributed by atoms with van der Waals surface area (Å²) in [4.78, 5) is 24.7. The highest BCUT2D eigenvalue weighted by Gasteiger charge is 2.64. The smallest absolute Gasteiger partial charge is 0.342 e. The molecule has 8 unspecified atom stereocenters. The van der Waals surface area contributed by atoms with Crippen molar-refractivity contribution in [2.24, 2.45) is 22.7 Å². The summed E-state index contributed by atoms with van der Waals surface area (Å²) in [5.41, 5.74) is -0.829. The first-order valence-electron chi connectivity index (χ1n) is 12.2. The lowest BCUT2D eigenvalue weighted by Crippen LogP contribution is -2.67. The number of allylic oxidation sites excluding steroid dienone is 1. The molecule has 1 saturated carbocycles. The highest BCUT2D eigenvalue weighted by molar-refractivity contribution is 5.96. The van der Waals surface area contributed by atoms with E-state index in [-0.39, 0.29) is 23.1 Å². The monoisotopic (exact) mass is 486 g/mol. The second kappa shape index (κ2) is 7.46. The molecule has 1 aromatic carbocycles. The van der Waals surface area contributed by atoms with Gasteiger partial charge in [0.05, 0.1) is 12.2 Å². The van der Waals surface area contributed by atoms with Gasteiger partial charge in [0, 0.05) is 30.0 Å². The topological polar surface area (TPSA) is 123 Å². The minimum atomic E-state index is -0.973. The number of benzene rings is 1. The molecular formula is C27H34O8. The van der Waals surface area contributed by atoms with E-state index in [4.69, 9.17) is 14.2 Å². The van der Waals surface area contributed by atoms with Crippen molar-refractivity contribution in [2.75, 3.05) is 0 Å². The molecule has 0 radical (unpaired) electrons. The third kappa shape index (κ3) is 3.18. The molecule has 1 fully saturated rings. The highest BCUT2D eigenvalue weighted by Crippen LogP contribution is 2.63. The molecule has 5 rings (SSSR count). The van der Waals surface area contributed by atoms with Gasteiger partial charge < -0.3 is 29.5 Å². The minimum Gasteiger partial charge on any atom is -0.507 e. The van der Waals surface area contributed by atoms with Gasteiger partial charge in [0.1, 0.15) is 28.8 Å². The number of aliphatic hydroxyl groups is 2. The molecule has 35 heavy (non-hydrogen) atoms. The predicted molar refractivity (Wildman–Crippen MR) is 125 cm³/mol. The number of phenolic OH excluding ortho intramolecular Hbond substituents is 1. The Morgan fingerprint density at radius 2 is 1.86 bits per heavy atom. The van der Waals surface area contributed by atoms with Gasteiger partial charge in [-0.3, -0.25) is 4.79 Å². The summed E-state index contributed by atoms with van der Waals surface area (Å²) in [5.74, 6) is -1.42. The Kier molecular flexibility index (Phi) is 5.14. The maximum Gasteiger partial charge on any atom is 0.342 e. The summed E-state index contributed by atoms with van der Waals surface area (Å²) in [6, 6.07) is 1.39. The minimum absolute atomic E-state index is 0.0201. The number of fused-ring (bicyclic) bond motifs is 6. The Bertz CT molecular complexity index is 1140. The van der Waals surface area contributed by atoms with Gasteiger partial charge in [-0.25, -0.2) is 4.79 Å². The van der Waals surface area contributed by atoms with Crippen LogP contribution in [0.25, 0.3) is 0 Å². The molecule has 8 heteroatoms. The van der Waals surface area contributed by atoms with Crippen molar-refractivity contribution in [2.45, 2.75) is 84.4 Å². The fourth-order valence-electron chi connectivity index (χ4n) is 7.29. The van der Waals surface area contributed by atoms with E-state index in [1.54, 1.807) is 6.92 Å². The second-order valence-corrected chi connectivity index (χ2v) is 11.6. The molecule has 8 atom stereocenters. The molecule has 2 aliphatic heterocycles. The molecule has 0 bridgehead atoms. The average Bonchev–Trinajstić information content (AvgIpc) is 2.75. The van der Waals surface area contributed by atoms with Crippen molar-refractivity contribution in [1.82, 2.24) is 0 Å². The number of cyclic esters (lactones) is 1. The summed E-state index contributed by atoms with van der Waals surface area (Å²) in [5, 5.41) is 32.9. The van der Waals surface area contributed by atoms with Gasteiger partial charge in [-0.1, -0.05) is 32.9 Å². The van der Waals surface area contributed by atoms with Crippen molar-refractivity contribution in [3.8, 4) is 11.5 Å². The zero-order chi connectivity index (χ0) is 25.7. The van der Waals surface area contributed by atoms with E-state index < -0.39 is 52.8 Å². The number of hydrogen-bond donors (Lipinski definition) is 3. The van der Waals surface area contributed by atoms with Crippen LogP contribution in [0.3, 0.4) is 0 Å². The summed E-state index contributed by atoms with van der Waals surface area (Å²) in [7, 11) is 0. The zero-order valence-corrected chi connectivity index (χ0v) is 21.0. The quantitative estimate of drug-likeness (QED) is 0.409. The van der Waals surface area contributed by atoms with E-state index in [1.807, 2.05) is 32.9 Å². The number of aromatic hydroxyl groups is 1. The Hall–Kier alpha value is -2.58. The maximum absolute atomic E-state index is 12.8. The molecule has 2 heterocycles. The first kappa shape index (κ1) is 24.1. The zero-order valence-electron chi connectivity index (χ0n) is 21.0. The van der Waals surface area contributed by atoms with Crippen LogP contribution in [0.15, 0.2) is 18.2 Å². The lowest BCUT2D eigenvalue weighted by atomic mass is 9.45. The lowest BCUT2D eigenvalue weighted by Gasteiger charge is -2.63. The maximum atomic E-state index is 12.8. The highest BCUT2D eigenvalue weighted by atomic mass is 16.6. The fraction of sp³-hybridized carbons (Fsp3) is 0.630. The van der Waals surface area contributed by atoms with Crippen LogP contribution < -0.4 is 4.74 Å². The van der Waals surface area contributed by atoms with E-state index in [2.05, 4.69) is 6.92 Å². The summed E-state index contributed by atoms with van der Waals surface area (Å²) in [6.45, 7) is 11.0. The van der Waals surface area contributed by atoms with E-state index in [1.165, 1.54) is 13.0 Å². The normalized spacial score (nSPS) is 40.9. The van der Waals surface area contributed by atoms with Crippen molar-refractivity contribution in [3.05, 3.63) is 34.9 Å². The van der Waals surface area contributed by atoms with Crippen LogP contribution in [0.2, 0.25) is 0 Å². The van der Waals surface area contributed by atoms with Gasteiger partial charge in [-0.2, -0.15) is 0 Å². The Balaban J connectivity index is 1.71. The molecule has 4 aliphatic rings. The molecule has 2 aliphatic carbocycles. The number of hydrogen-bond acceptors (Lipinski definition) is 8. The van der Waals surface area contributed by atoms with Crippen LogP contribution in [0.5, 0.6) is 11.5 Å². The molecular weight excluding hydrogens is 452 g/mol. The first-order chi connectivity index (χ1) is 16.2. The number of esters is 2. The number of ether oxygens (including phenoxy) is 3. The molecule has 3 N–H and O–H groups in total. The van der Waals surface area contributed by atoms with E-state index in [0.717, 1.165) is 0 Å². The number of rotatable bonds is 1. The van der Waals surface area contributed by atoms with Crippen molar-refractivity contribution in [1.29, 1.82) is 0 Å². The number of aliphatic hydroxyl groups excluding tert-OH is 2. The molecule has 0 saturated heterocycles. The van der Waals surface area contributed by atoms with Gasteiger partial charge >= 0.3 is 11.9 Å². The van der Waals surface area contributed by atoms with Crippen LogP contribution in [-0.2, 0) is 20.7 Å². The third-order valence-corrected chi connectivity index (χ3v) is 9.27. The fourth-order valence-corrected chi connectivity index (χ4v) is 7.29.